The van der Waals surface area contributed by atoms with Crippen LogP contribution in [0.25, 0.3) is 0 Å². The third kappa shape index (κ3) is 2.52. The Labute approximate surface area is 95.9 Å². The highest BCUT2D eigenvalue weighted by Gasteiger charge is 2.11. The van der Waals surface area contributed by atoms with Gasteiger partial charge in [0, 0.05) is 6.42 Å². The lowest BCUT2D eigenvalue weighted by Gasteiger charge is -2.11. The molecule has 0 atom stereocenters. The van der Waals surface area contributed by atoms with E-state index in [1.54, 1.807) is 7.11 Å². The van der Waals surface area contributed by atoms with Gasteiger partial charge in [-0.15, -0.1) is 0 Å². The molecule has 0 N–H and O–H groups in total. The standard InChI is InChI=1S/C13H14N2O/c1-9-5-13(16-3)10(2)4-12(9)6-11(7-14)8-15/h4-5,11H,6H2,1-3H3. The number of methoxy groups -OCH3 is 1. The van der Waals surface area contributed by atoms with Gasteiger partial charge in [-0.1, -0.05) is 6.07 Å². The largest absolute Gasteiger partial charge is 0.496 e. The van der Waals surface area contributed by atoms with E-state index in [0.717, 1.165) is 22.4 Å². The topological polar surface area (TPSA) is 56.8 Å². The van der Waals surface area contributed by atoms with Gasteiger partial charge in [-0.25, -0.2) is 0 Å². The molecule has 3 nitrogen and oxygen atoms in total. The van der Waals surface area contributed by atoms with Gasteiger partial charge in [0.15, 0.2) is 0 Å². The number of nitriles is 2. The van der Waals surface area contributed by atoms with E-state index in [2.05, 4.69) is 0 Å². The van der Waals surface area contributed by atoms with E-state index in [0.29, 0.717) is 6.42 Å². The maximum Gasteiger partial charge on any atom is 0.137 e. The molecule has 0 fully saturated rings. The highest BCUT2D eigenvalue weighted by atomic mass is 16.5. The Hall–Kier alpha value is -2.00. The van der Waals surface area contributed by atoms with E-state index in [4.69, 9.17) is 15.3 Å². The van der Waals surface area contributed by atoms with Crippen molar-refractivity contribution in [2.45, 2.75) is 20.3 Å². The molecule has 0 aromatic heterocycles. The Balaban J connectivity index is 3.04. The minimum Gasteiger partial charge on any atom is -0.496 e. The lowest BCUT2D eigenvalue weighted by atomic mass is 9.96. The smallest absolute Gasteiger partial charge is 0.137 e. The van der Waals surface area contributed by atoms with Gasteiger partial charge in [-0.3, -0.25) is 0 Å². The first-order valence-corrected chi connectivity index (χ1v) is 5.05. The van der Waals surface area contributed by atoms with Crippen LogP contribution in [-0.2, 0) is 6.42 Å². The Morgan fingerprint density at radius 3 is 2.31 bits per heavy atom. The number of benzene rings is 1. The van der Waals surface area contributed by atoms with Crippen molar-refractivity contribution >= 4 is 0 Å². The molecular formula is C13H14N2O. The van der Waals surface area contributed by atoms with Crippen molar-refractivity contribution < 1.29 is 4.74 Å². The van der Waals surface area contributed by atoms with Crippen molar-refractivity contribution in [1.82, 2.24) is 0 Å². The highest BCUT2D eigenvalue weighted by Crippen LogP contribution is 2.24. The molecule has 0 saturated carbocycles. The Morgan fingerprint density at radius 1 is 1.19 bits per heavy atom. The van der Waals surface area contributed by atoms with Gasteiger partial charge >= 0.3 is 0 Å². The average molecular weight is 214 g/mol. The number of rotatable bonds is 3. The van der Waals surface area contributed by atoms with Crippen LogP contribution in [-0.4, -0.2) is 7.11 Å². The summed E-state index contributed by atoms with van der Waals surface area (Å²) in [7, 11) is 1.63. The van der Waals surface area contributed by atoms with Crippen molar-refractivity contribution in [1.29, 1.82) is 10.5 Å². The van der Waals surface area contributed by atoms with Crippen molar-refractivity contribution in [2.75, 3.05) is 7.11 Å². The van der Waals surface area contributed by atoms with E-state index in [-0.39, 0.29) is 0 Å². The van der Waals surface area contributed by atoms with Crippen molar-refractivity contribution in [2.24, 2.45) is 5.92 Å². The first-order valence-electron chi connectivity index (χ1n) is 5.05. The first-order chi connectivity index (χ1) is 7.62. The SMILES string of the molecule is COc1cc(C)c(CC(C#N)C#N)cc1C. The van der Waals surface area contributed by atoms with Gasteiger partial charge in [0.25, 0.3) is 0 Å². The maximum absolute atomic E-state index is 8.75. The predicted molar refractivity (Wildman–Crippen MR) is 60.9 cm³/mol. The fourth-order valence-corrected chi connectivity index (χ4v) is 1.63. The van der Waals surface area contributed by atoms with E-state index in [9.17, 15) is 0 Å². The second-order valence-corrected chi connectivity index (χ2v) is 3.76. The number of aryl methyl sites for hydroxylation is 2. The summed E-state index contributed by atoms with van der Waals surface area (Å²) in [5.74, 6) is 0.262. The van der Waals surface area contributed by atoms with Crippen LogP contribution in [0.3, 0.4) is 0 Å². The number of nitrogens with zero attached hydrogens (tertiary/aromatic N) is 2. The Kier molecular flexibility index (Phi) is 3.91. The van der Waals surface area contributed by atoms with Crippen LogP contribution >= 0.6 is 0 Å². The molecule has 0 unspecified atom stereocenters. The van der Waals surface area contributed by atoms with Gasteiger partial charge in [-0.2, -0.15) is 10.5 Å². The van der Waals surface area contributed by atoms with E-state index >= 15 is 0 Å². The second kappa shape index (κ2) is 5.19. The molecule has 16 heavy (non-hydrogen) atoms. The summed E-state index contributed by atoms with van der Waals surface area (Å²) >= 11 is 0. The summed E-state index contributed by atoms with van der Waals surface area (Å²) in [6, 6.07) is 7.89. The second-order valence-electron chi connectivity index (χ2n) is 3.76. The molecule has 0 spiro atoms. The predicted octanol–water partition coefficient (Wildman–Crippen LogP) is 2.52. The molecule has 0 aliphatic heterocycles. The monoisotopic (exact) mass is 214 g/mol. The molecule has 0 saturated heterocycles. The van der Waals surface area contributed by atoms with E-state index < -0.39 is 5.92 Å². The number of hydrogen-bond donors (Lipinski definition) is 0. The summed E-state index contributed by atoms with van der Waals surface area (Å²) in [6.07, 6.45) is 0.476. The minimum atomic E-state index is -0.577. The lowest BCUT2D eigenvalue weighted by molar-refractivity contribution is 0.411. The summed E-state index contributed by atoms with van der Waals surface area (Å²) in [6.45, 7) is 3.92. The van der Waals surface area contributed by atoms with Gasteiger partial charge in [0.2, 0.25) is 0 Å². The molecule has 82 valence electrons. The van der Waals surface area contributed by atoms with Crippen LogP contribution in [0.4, 0.5) is 0 Å². The molecule has 0 heterocycles. The van der Waals surface area contributed by atoms with Crippen LogP contribution in [0.15, 0.2) is 12.1 Å². The van der Waals surface area contributed by atoms with Crippen LogP contribution in [0.5, 0.6) is 5.75 Å². The summed E-state index contributed by atoms with van der Waals surface area (Å²) in [5, 5.41) is 17.5. The van der Waals surface area contributed by atoms with Crippen LogP contribution in [0.1, 0.15) is 16.7 Å². The van der Waals surface area contributed by atoms with Crippen LogP contribution < -0.4 is 4.74 Å². The first kappa shape index (κ1) is 12.1. The minimum absolute atomic E-state index is 0.476. The Morgan fingerprint density at radius 2 is 1.81 bits per heavy atom. The molecule has 1 aromatic carbocycles. The van der Waals surface area contributed by atoms with Gasteiger partial charge in [0.05, 0.1) is 19.2 Å². The molecule has 0 radical (unpaired) electrons. The summed E-state index contributed by atoms with van der Waals surface area (Å²) in [5.41, 5.74) is 3.11. The van der Waals surface area contributed by atoms with E-state index in [1.807, 2.05) is 38.1 Å². The lowest BCUT2D eigenvalue weighted by Crippen LogP contribution is -2.02. The zero-order chi connectivity index (χ0) is 12.1. The van der Waals surface area contributed by atoms with Crippen molar-refractivity contribution in [3.05, 3.63) is 28.8 Å². The number of hydrogen-bond acceptors (Lipinski definition) is 3. The third-order valence-electron chi connectivity index (χ3n) is 2.59. The van der Waals surface area contributed by atoms with Gasteiger partial charge in [-0.05, 0) is 36.6 Å². The van der Waals surface area contributed by atoms with Crippen molar-refractivity contribution in [3.8, 4) is 17.9 Å². The maximum atomic E-state index is 8.75. The quantitative estimate of drug-likeness (QED) is 0.776. The normalized spacial score (nSPS) is 9.62. The molecule has 0 aliphatic rings. The fourth-order valence-electron chi connectivity index (χ4n) is 1.63. The van der Waals surface area contributed by atoms with Crippen LogP contribution in [0.2, 0.25) is 0 Å². The molecule has 0 bridgehead atoms. The molecular weight excluding hydrogens is 200 g/mol. The molecule has 3 heteroatoms. The van der Waals surface area contributed by atoms with E-state index in [1.165, 1.54) is 0 Å². The highest BCUT2D eigenvalue weighted by molar-refractivity contribution is 5.42. The zero-order valence-electron chi connectivity index (χ0n) is 9.74. The van der Waals surface area contributed by atoms with Gasteiger partial charge < -0.3 is 4.74 Å². The molecule has 0 aliphatic carbocycles. The van der Waals surface area contributed by atoms with Crippen LogP contribution in [0, 0.1) is 42.4 Å². The molecule has 0 amide bonds. The average Bonchev–Trinajstić information content (AvgIpc) is 2.29. The van der Waals surface area contributed by atoms with Crippen molar-refractivity contribution in [3.63, 3.8) is 0 Å². The number of ether oxygens (including phenoxy) is 1. The Bertz CT molecular complexity index is 452. The summed E-state index contributed by atoms with van der Waals surface area (Å²) < 4.78 is 5.21. The summed E-state index contributed by atoms with van der Waals surface area (Å²) in [4.78, 5) is 0. The zero-order valence-corrected chi connectivity index (χ0v) is 9.74. The van der Waals surface area contributed by atoms with Gasteiger partial charge in [0.1, 0.15) is 11.7 Å². The molecule has 1 aromatic rings. The third-order valence-corrected chi connectivity index (χ3v) is 2.59. The fraction of sp³-hybridized carbons (Fsp3) is 0.385. The molecule has 1 rings (SSSR count).